The van der Waals surface area contributed by atoms with Crippen LogP contribution in [0, 0.1) is 6.92 Å². The van der Waals surface area contributed by atoms with Gasteiger partial charge in [-0.25, -0.2) is 4.98 Å². The molecular weight excluding hydrogens is 326 g/mol. The van der Waals surface area contributed by atoms with Crippen LogP contribution in [-0.2, 0) is 0 Å². The van der Waals surface area contributed by atoms with Gasteiger partial charge in [0.25, 0.3) is 0 Å². The quantitative estimate of drug-likeness (QED) is 0.710. The van der Waals surface area contributed by atoms with Gasteiger partial charge in [0.2, 0.25) is 5.95 Å². The zero-order valence-corrected chi connectivity index (χ0v) is 13.4. The molecule has 1 aromatic heterocycles. The SMILES string of the molecule is Cc1cn(C2CC2)c(Nc2ccc3cc(Br)ccc3c2)n1. The summed E-state index contributed by atoms with van der Waals surface area (Å²) in [5.41, 5.74) is 2.14. The van der Waals surface area contributed by atoms with Crippen LogP contribution < -0.4 is 5.32 Å². The number of rotatable bonds is 3. The molecular formula is C17H16BrN3. The van der Waals surface area contributed by atoms with Crippen molar-refractivity contribution in [1.82, 2.24) is 9.55 Å². The Labute approximate surface area is 132 Å². The van der Waals surface area contributed by atoms with E-state index in [1.54, 1.807) is 0 Å². The minimum atomic E-state index is 0.630. The molecule has 0 spiro atoms. The fourth-order valence-electron chi connectivity index (χ4n) is 2.66. The predicted molar refractivity (Wildman–Crippen MR) is 90.2 cm³/mol. The van der Waals surface area contributed by atoms with Gasteiger partial charge in [-0.1, -0.05) is 28.1 Å². The standard InChI is InChI=1S/C17H16BrN3/c1-11-10-21(16-6-7-16)17(19-11)20-15-5-3-12-8-14(18)4-2-13(12)9-15/h2-5,8-10,16H,6-7H2,1H3,(H,19,20). The van der Waals surface area contributed by atoms with E-state index < -0.39 is 0 Å². The molecule has 0 unspecified atom stereocenters. The number of aryl methyl sites for hydroxylation is 1. The molecule has 1 saturated carbocycles. The Morgan fingerprint density at radius 2 is 1.90 bits per heavy atom. The second-order valence-corrected chi connectivity index (χ2v) is 6.59. The maximum absolute atomic E-state index is 4.61. The Morgan fingerprint density at radius 1 is 1.14 bits per heavy atom. The summed E-state index contributed by atoms with van der Waals surface area (Å²) >= 11 is 3.51. The summed E-state index contributed by atoms with van der Waals surface area (Å²) in [6.07, 6.45) is 4.66. The Bertz CT molecular complexity index is 818. The van der Waals surface area contributed by atoms with Crippen molar-refractivity contribution in [3.05, 3.63) is 52.8 Å². The number of imidazole rings is 1. The lowest BCUT2D eigenvalue weighted by Gasteiger charge is -2.09. The van der Waals surface area contributed by atoms with Crippen LogP contribution >= 0.6 is 15.9 Å². The zero-order chi connectivity index (χ0) is 14.4. The molecule has 0 atom stereocenters. The number of nitrogens with zero attached hydrogens (tertiary/aromatic N) is 2. The Morgan fingerprint density at radius 3 is 2.71 bits per heavy atom. The van der Waals surface area contributed by atoms with E-state index in [1.807, 2.05) is 6.92 Å². The van der Waals surface area contributed by atoms with E-state index in [-0.39, 0.29) is 0 Å². The summed E-state index contributed by atoms with van der Waals surface area (Å²) < 4.78 is 3.37. The van der Waals surface area contributed by atoms with Crippen molar-refractivity contribution >= 4 is 38.3 Å². The van der Waals surface area contributed by atoms with Crippen molar-refractivity contribution in [3.63, 3.8) is 0 Å². The molecule has 0 saturated heterocycles. The Hall–Kier alpha value is -1.81. The molecule has 2 aromatic carbocycles. The van der Waals surface area contributed by atoms with Crippen LogP contribution in [0.4, 0.5) is 11.6 Å². The third-order valence-corrected chi connectivity index (χ3v) is 4.34. The van der Waals surface area contributed by atoms with E-state index in [0.717, 1.165) is 21.8 Å². The number of hydrogen-bond acceptors (Lipinski definition) is 2. The second-order valence-electron chi connectivity index (χ2n) is 5.68. The Balaban J connectivity index is 1.69. The molecule has 4 rings (SSSR count). The topological polar surface area (TPSA) is 29.9 Å². The maximum Gasteiger partial charge on any atom is 0.207 e. The fraction of sp³-hybridized carbons (Fsp3) is 0.235. The smallest absolute Gasteiger partial charge is 0.207 e. The molecule has 3 aromatic rings. The van der Waals surface area contributed by atoms with Gasteiger partial charge in [0, 0.05) is 22.4 Å². The van der Waals surface area contributed by atoms with Gasteiger partial charge in [0.05, 0.1) is 5.69 Å². The molecule has 1 aliphatic carbocycles. The van der Waals surface area contributed by atoms with Crippen molar-refractivity contribution in [2.24, 2.45) is 0 Å². The number of hydrogen-bond donors (Lipinski definition) is 1. The molecule has 0 bridgehead atoms. The summed E-state index contributed by atoms with van der Waals surface area (Å²) in [4.78, 5) is 4.61. The highest BCUT2D eigenvalue weighted by atomic mass is 79.9. The zero-order valence-electron chi connectivity index (χ0n) is 11.8. The summed E-state index contributed by atoms with van der Waals surface area (Å²) in [6, 6.07) is 13.4. The number of anilines is 2. The highest BCUT2D eigenvalue weighted by Crippen LogP contribution is 2.38. The predicted octanol–water partition coefficient (Wildman–Crippen LogP) is 5.19. The van der Waals surface area contributed by atoms with Gasteiger partial charge in [-0.2, -0.15) is 0 Å². The van der Waals surface area contributed by atoms with Crippen LogP contribution in [0.15, 0.2) is 47.1 Å². The van der Waals surface area contributed by atoms with E-state index in [4.69, 9.17) is 0 Å². The number of benzene rings is 2. The fourth-order valence-corrected chi connectivity index (χ4v) is 3.04. The minimum Gasteiger partial charge on any atom is -0.326 e. The largest absolute Gasteiger partial charge is 0.326 e. The molecule has 0 amide bonds. The summed E-state index contributed by atoms with van der Waals surface area (Å²) in [5, 5.41) is 5.92. The first-order valence-electron chi connectivity index (χ1n) is 7.21. The molecule has 3 nitrogen and oxygen atoms in total. The first-order chi connectivity index (χ1) is 10.2. The molecule has 1 fully saturated rings. The van der Waals surface area contributed by atoms with Gasteiger partial charge in [0.1, 0.15) is 0 Å². The van der Waals surface area contributed by atoms with Crippen molar-refractivity contribution in [1.29, 1.82) is 0 Å². The van der Waals surface area contributed by atoms with E-state index in [2.05, 4.69) is 73.4 Å². The highest BCUT2D eigenvalue weighted by Gasteiger charge is 2.26. The van der Waals surface area contributed by atoms with Gasteiger partial charge in [0.15, 0.2) is 0 Å². The van der Waals surface area contributed by atoms with Crippen molar-refractivity contribution < 1.29 is 0 Å². The van der Waals surface area contributed by atoms with Gasteiger partial charge in [-0.05, 0) is 54.8 Å². The van der Waals surface area contributed by atoms with Gasteiger partial charge >= 0.3 is 0 Å². The molecule has 1 N–H and O–H groups in total. The lowest BCUT2D eigenvalue weighted by atomic mass is 10.1. The third kappa shape index (κ3) is 2.56. The Kier molecular flexibility index (Phi) is 3.00. The van der Waals surface area contributed by atoms with E-state index >= 15 is 0 Å². The van der Waals surface area contributed by atoms with Crippen LogP contribution in [0.1, 0.15) is 24.6 Å². The van der Waals surface area contributed by atoms with Crippen molar-refractivity contribution in [2.45, 2.75) is 25.8 Å². The molecule has 106 valence electrons. The normalized spacial score (nSPS) is 14.6. The molecule has 4 heteroatoms. The van der Waals surface area contributed by atoms with E-state index in [9.17, 15) is 0 Å². The van der Waals surface area contributed by atoms with Crippen molar-refractivity contribution in [2.75, 3.05) is 5.32 Å². The van der Waals surface area contributed by atoms with Crippen molar-refractivity contribution in [3.8, 4) is 0 Å². The monoisotopic (exact) mass is 341 g/mol. The molecule has 0 aliphatic heterocycles. The molecule has 21 heavy (non-hydrogen) atoms. The summed E-state index contributed by atoms with van der Waals surface area (Å²) in [6.45, 7) is 2.04. The van der Waals surface area contributed by atoms with E-state index in [0.29, 0.717) is 6.04 Å². The average molecular weight is 342 g/mol. The second kappa shape index (κ2) is 4.88. The van der Waals surface area contributed by atoms with Crippen LogP contribution in [0.25, 0.3) is 10.8 Å². The lowest BCUT2D eigenvalue weighted by Crippen LogP contribution is -2.01. The summed E-state index contributed by atoms with van der Waals surface area (Å²) in [5.74, 6) is 0.950. The van der Waals surface area contributed by atoms with Crippen LogP contribution in [-0.4, -0.2) is 9.55 Å². The van der Waals surface area contributed by atoms with Gasteiger partial charge < -0.3 is 9.88 Å². The first-order valence-corrected chi connectivity index (χ1v) is 8.00. The third-order valence-electron chi connectivity index (χ3n) is 3.85. The van der Waals surface area contributed by atoms with E-state index in [1.165, 1.54) is 23.6 Å². The molecule has 0 radical (unpaired) electrons. The van der Waals surface area contributed by atoms with Crippen LogP contribution in [0.2, 0.25) is 0 Å². The first kappa shape index (κ1) is 12.9. The van der Waals surface area contributed by atoms with Crippen LogP contribution in [0.5, 0.6) is 0 Å². The molecule has 1 heterocycles. The maximum atomic E-state index is 4.61. The highest BCUT2D eigenvalue weighted by molar-refractivity contribution is 9.10. The molecule has 1 aliphatic rings. The minimum absolute atomic E-state index is 0.630. The number of fused-ring (bicyclic) bond motifs is 1. The summed E-state index contributed by atoms with van der Waals surface area (Å²) in [7, 11) is 0. The van der Waals surface area contributed by atoms with Crippen LogP contribution in [0.3, 0.4) is 0 Å². The lowest BCUT2D eigenvalue weighted by molar-refractivity contribution is 0.750. The number of aromatic nitrogens is 2. The van der Waals surface area contributed by atoms with Gasteiger partial charge in [-0.15, -0.1) is 0 Å². The number of halogens is 1. The average Bonchev–Trinajstić information content (AvgIpc) is 3.24. The number of nitrogens with one attached hydrogen (secondary N) is 1. The van der Waals surface area contributed by atoms with Gasteiger partial charge in [-0.3, -0.25) is 0 Å².